The quantitative estimate of drug-likeness (QED) is 0.531. The maximum absolute atomic E-state index is 9.59. The molecule has 0 bridgehead atoms. The van der Waals surface area contributed by atoms with E-state index in [0.717, 1.165) is 18.7 Å². The molecular formula is C11H25NO3S. The van der Waals surface area contributed by atoms with Gasteiger partial charge in [0.15, 0.2) is 0 Å². The zero-order valence-electron chi connectivity index (χ0n) is 10.6. The molecule has 98 valence electrons. The first-order valence-corrected chi connectivity index (χ1v) is 7.08. The predicted octanol–water partition coefficient (Wildman–Crippen LogP) is 0.742. The molecule has 0 aliphatic rings. The van der Waals surface area contributed by atoms with Crippen molar-refractivity contribution >= 4 is 11.8 Å². The highest BCUT2D eigenvalue weighted by atomic mass is 32.2. The van der Waals surface area contributed by atoms with Crippen LogP contribution in [-0.4, -0.2) is 62.7 Å². The van der Waals surface area contributed by atoms with Gasteiger partial charge in [0.05, 0.1) is 25.4 Å². The summed E-state index contributed by atoms with van der Waals surface area (Å²) in [6.45, 7) is 4.40. The van der Waals surface area contributed by atoms with Crippen molar-refractivity contribution in [2.75, 3.05) is 45.4 Å². The van der Waals surface area contributed by atoms with Gasteiger partial charge in [0.1, 0.15) is 0 Å². The Balaban J connectivity index is 3.27. The summed E-state index contributed by atoms with van der Waals surface area (Å²) >= 11 is 1.84. The van der Waals surface area contributed by atoms with Crippen LogP contribution < -0.4 is 5.32 Å². The minimum Gasteiger partial charge on any atom is -0.389 e. The number of rotatable bonds is 11. The highest BCUT2D eigenvalue weighted by Gasteiger charge is 2.07. The van der Waals surface area contributed by atoms with E-state index in [-0.39, 0.29) is 6.10 Å². The van der Waals surface area contributed by atoms with E-state index in [1.807, 2.05) is 18.7 Å². The second kappa shape index (κ2) is 11.7. The van der Waals surface area contributed by atoms with Gasteiger partial charge < -0.3 is 19.9 Å². The lowest BCUT2D eigenvalue weighted by Gasteiger charge is -2.16. The van der Waals surface area contributed by atoms with Crippen molar-refractivity contribution in [3.63, 3.8) is 0 Å². The van der Waals surface area contributed by atoms with E-state index in [0.29, 0.717) is 19.8 Å². The fraction of sp³-hybridized carbons (Fsp3) is 1.00. The van der Waals surface area contributed by atoms with E-state index in [2.05, 4.69) is 11.6 Å². The zero-order valence-corrected chi connectivity index (χ0v) is 11.4. The number of hydrogen-bond donors (Lipinski definition) is 2. The van der Waals surface area contributed by atoms with Gasteiger partial charge in [-0.1, -0.05) is 0 Å². The topological polar surface area (TPSA) is 50.7 Å². The number of ether oxygens (including phenoxy) is 2. The Bertz CT molecular complexity index is 149. The molecule has 2 N–H and O–H groups in total. The maximum atomic E-state index is 9.59. The molecule has 0 aromatic heterocycles. The monoisotopic (exact) mass is 251 g/mol. The summed E-state index contributed by atoms with van der Waals surface area (Å²) in [5.74, 6) is 1.16. The standard InChI is InChI=1S/C11H25NO3S/c1-10(8-14-2)15-9-11(13)7-12-5-4-6-16-3/h10-13H,4-9H2,1-3H3. The second-order valence-electron chi connectivity index (χ2n) is 3.80. The Morgan fingerprint density at radius 1 is 1.38 bits per heavy atom. The van der Waals surface area contributed by atoms with E-state index >= 15 is 0 Å². The van der Waals surface area contributed by atoms with Gasteiger partial charge in [0.2, 0.25) is 0 Å². The van der Waals surface area contributed by atoms with Crippen LogP contribution in [0, 0.1) is 0 Å². The van der Waals surface area contributed by atoms with Crippen LogP contribution in [0.25, 0.3) is 0 Å². The third-order valence-corrected chi connectivity index (χ3v) is 2.75. The minimum absolute atomic E-state index is 0.0381. The van der Waals surface area contributed by atoms with Crippen molar-refractivity contribution in [2.45, 2.75) is 25.6 Å². The SMILES string of the molecule is COCC(C)OCC(O)CNCCCSC. The van der Waals surface area contributed by atoms with Gasteiger partial charge in [-0.05, 0) is 31.9 Å². The van der Waals surface area contributed by atoms with Crippen LogP contribution in [0.4, 0.5) is 0 Å². The summed E-state index contributed by atoms with van der Waals surface area (Å²) in [4.78, 5) is 0. The molecule has 0 spiro atoms. The van der Waals surface area contributed by atoms with Crippen molar-refractivity contribution in [3.05, 3.63) is 0 Å². The van der Waals surface area contributed by atoms with Gasteiger partial charge in [0, 0.05) is 13.7 Å². The van der Waals surface area contributed by atoms with E-state index in [4.69, 9.17) is 9.47 Å². The summed E-state index contributed by atoms with van der Waals surface area (Å²) < 4.78 is 10.3. The molecule has 0 radical (unpaired) electrons. The zero-order chi connectivity index (χ0) is 12.2. The molecule has 16 heavy (non-hydrogen) atoms. The first-order valence-electron chi connectivity index (χ1n) is 5.69. The highest BCUT2D eigenvalue weighted by molar-refractivity contribution is 7.98. The molecule has 0 fully saturated rings. The predicted molar refractivity (Wildman–Crippen MR) is 69.2 cm³/mol. The van der Waals surface area contributed by atoms with E-state index < -0.39 is 6.10 Å². The van der Waals surface area contributed by atoms with Crippen molar-refractivity contribution in [1.29, 1.82) is 0 Å². The molecule has 0 aromatic rings. The molecule has 0 rings (SSSR count). The van der Waals surface area contributed by atoms with Gasteiger partial charge >= 0.3 is 0 Å². The fourth-order valence-electron chi connectivity index (χ4n) is 1.23. The number of nitrogens with one attached hydrogen (secondary N) is 1. The number of aliphatic hydroxyl groups is 1. The van der Waals surface area contributed by atoms with E-state index in [1.165, 1.54) is 0 Å². The van der Waals surface area contributed by atoms with Gasteiger partial charge in [-0.15, -0.1) is 0 Å². The third-order valence-electron chi connectivity index (χ3n) is 2.06. The summed E-state index contributed by atoms with van der Waals surface area (Å²) in [7, 11) is 1.64. The Kier molecular flexibility index (Phi) is 11.8. The van der Waals surface area contributed by atoms with Gasteiger partial charge in [0.25, 0.3) is 0 Å². The lowest BCUT2D eigenvalue weighted by Crippen LogP contribution is -2.32. The minimum atomic E-state index is -0.436. The maximum Gasteiger partial charge on any atom is 0.0897 e. The fourth-order valence-corrected chi connectivity index (χ4v) is 1.66. The Labute approximate surface area is 103 Å². The van der Waals surface area contributed by atoms with Crippen molar-refractivity contribution in [3.8, 4) is 0 Å². The molecule has 0 saturated heterocycles. The van der Waals surface area contributed by atoms with Crippen LogP contribution in [0.2, 0.25) is 0 Å². The van der Waals surface area contributed by atoms with Crippen LogP contribution in [0.15, 0.2) is 0 Å². The van der Waals surface area contributed by atoms with Crippen LogP contribution in [0.3, 0.4) is 0 Å². The number of hydrogen-bond acceptors (Lipinski definition) is 5. The Morgan fingerprint density at radius 3 is 2.75 bits per heavy atom. The first-order chi connectivity index (χ1) is 7.70. The summed E-state index contributed by atoms with van der Waals surface area (Å²) in [5, 5.41) is 12.8. The van der Waals surface area contributed by atoms with Crippen molar-refractivity contribution in [1.82, 2.24) is 5.32 Å². The first kappa shape index (κ1) is 16.2. The highest BCUT2D eigenvalue weighted by Crippen LogP contribution is 1.95. The lowest BCUT2D eigenvalue weighted by molar-refractivity contribution is -0.0310. The van der Waals surface area contributed by atoms with Gasteiger partial charge in [-0.3, -0.25) is 0 Å². The summed E-state index contributed by atoms with van der Waals surface area (Å²) in [6.07, 6.45) is 2.83. The molecule has 2 unspecified atom stereocenters. The molecule has 0 aliphatic carbocycles. The molecule has 4 nitrogen and oxygen atoms in total. The van der Waals surface area contributed by atoms with Crippen LogP contribution in [0.5, 0.6) is 0 Å². The van der Waals surface area contributed by atoms with Crippen LogP contribution >= 0.6 is 11.8 Å². The smallest absolute Gasteiger partial charge is 0.0897 e. The van der Waals surface area contributed by atoms with Crippen molar-refractivity contribution < 1.29 is 14.6 Å². The molecule has 0 heterocycles. The Hall–Kier alpha value is 0.190. The molecule has 0 aromatic carbocycles. The van der Waals surface area contributed by atoms with Gasteiger partial charge in [-0.25, -0.2) is 0 Å². The van der Waals surface area contributed by atoms with E-state index in [1.54, 1.807) is 7.11 Å². The number of methoxy groups -OCH3 is 1. The average molecular weight is 251 g/mol. The molecule has 5 heteroatoms. The molecular weight excluding hydrogens is 226 g/mol. The van der Waals surface area contributed by atoms with Crippen molar-refractivity contribution in [2.24, 2.45) is 0 Å². The third kappa shape index (κ3) is 10.7. The molecule has 0 saturated carbocycles. The van der Waals surface area contributed by atoms with Crippen LogP contribution in [0.1, 0.15) is 13.3 Å². The van der Waals surface area contributed by atoms with E-state index in [9.17, 15) is 5.11 Å². The molecule has 0 aliphatic heterocycles. The number of aliphatic hydroxyl groups excluding tert-OH is 1. The largest absolute Gasteiger partial charge is 0.389 e. The second-order valence-corrected chi connectivity index (χ2v) is 4.79. The lowest BCUT2D eigenvalue weighted by atomic mass is 10.3. The molecule has 0 amide bonds. The summed E-state index contributed by atoms with van der Waals surface area (Å²) in [6, 6.07) is 0. The van der Waals surface area contributed by atoms with Gasteiger partial charge in [-0.2, -0.15) is 11.8 Å². The average Bonchev–Trinajstić information content (AvgIpc) is 2.26. The Morgan fingerprint density at radius 2 is 2.12 bits per heavy atom. The molecule has 2 atom stereocenters. The summed E-state index contributed by atoms with van der Waals surface area (Å²) in [5.41, 5.74) is 0. The van der Waals surface area contributed by atoms with Crippen LogP contribution in [-0.2, 0) is 9.47 Å². The normalized spacial score (nSPS) is 15.0. The number of thioether (sulfide) groups is 1.